The van der Waals surface area contributed by atoms with Crippen LogP contribution in [0.5, 0.6) is 0 Å². The van der Waals surface area contributed by atoms with E-state index in [1.54, 1.807) is 12.2 Å². The quantitative estimate of drug-likeness (QED) is 0.608. The van der Waals surface area contributed by atoms with Crippen molar-refractivity contribution in [3.63, 3.8) is 0 Å². The maximum atomic E-state index is 12.6. The Hall–Kier alpha value is -0.620. The molecular formula is C15H26O4S2. The summed E-state index contributed by atoms with van der Waals surface area (Å²) >= 11 is 0. The van der Waals surface area contributed by atoms with Crippen molar-refractivity contribution in [1.82, 2.24) is 0 Å². The molecule has 0 N–H and O–H groups in total. The molecule has 0 amide bonds. The lowest BCUT2D eigenvalue weighted by Gasteiger charge is -2.29. The van der Waals surface area contributed by atoms with Crippen molar-refractivity contribution in [2.75, 3.05) is 12.0 Å². The van der Waals surface area contributed by atoms with Crippen molar-refractivity contribution in [3.05, 3.63) is 24.3 Å². The number of sulfone groups is 2. The van der Waals surface area contributed by atoms with Gasteiger partial charge in [0.05, 0.1) is 5.75 Å². The molecule has 0 fully saturated rings. The van der Waals surface area contributed by atoms with Gasteiger partial charge in [0.1, 0.15) is 0 Å². The van der Waals surface area contributed by atoms with E-state index in [9.17, 15) is 16.8 Å². The van der Waals surface area contributed by atoms with Crippen LogP contribution in [-0.4, -0.2) is 32.9 Å². The van der Waals surface area contributed by atoms with Crippen LogP contribution in [0, 0.1) is 0 Å². The second-order valence-electron chi connectivity index (χ2n) is 5.66. The summed E-state index contributed by atoms with van der Waals surface area (Å²) in [5.74, 6) is -0.0651. The van der Waals surface area contributed by atoms with Gasteiger partial charge in [0.15, 0.2) is 23.8 Å². The fourth-order valence-electron chi connectivity index (χ4n) is 2.56. The van der Waals surface area contributed by atoms with Crippen LogP contribution < -0.4 is 0 Å². The minimum atomic E-state index is -3.72. The topological polar surface area (TPSA) is 68.3 Å². The fraction of sp³-hybridized carbons (Fsp3) is 0.733. The van der Waals surface area contributed by atoms with Gasteiger partial charge in [-0.05, 0) is 12.5 Å². The standard InChI is InChI=1S/C15H26O4S2/c1-3-4-5-6-7-11-14-21(18,19)15(20(2,16)17)12-9-8-10-13-15/h8-10,12H,3-7,11,13-14H2,1-2H3. The third kappa shape index (κ3) is 4.42. The number of allylic oxidation sites excluding steroid dienone is 3. The molecule has 1 aliphatic carbocycles. The molecule has 0 saturated heterocycles. The molecule has 0 bridgehead atoms. The van der Waals surface area contributed by atoms with Crippen LogP contribution in [-0.2, 0) is 19.7 Å². The van der Waals surface area contributed by atoms with Gasteiger partial charge < -0.3 is 0 Å². The first-order chi connectivity index (χ1) is 9.77. The smallest absolute Gasteiger partial charge is 0.194 e. The Kier molecular flexibility index (Phi) is 6.66. The summed E-state index contributed by atoms with van der Waals surface area (Å²) in [5.41, 5.74) is 0. The van der Waals surface area contributed by atoms with Gasteiger partial charge in [-0.3, -0.25) is 0 Å². The van der Waals surface area contributed by atoms with Gasteiger partial charge in [0.2, 0.25) is 0 Å². The maximum absolute atomic E-state index is 12.6. The van der Waals surface area contributed by atoms with E-state index in [1.807, 2.05) is 0 Å². The monoisotopic (exact) mass is 334 g/mol. The van der Waals surface area contributed by atoms with Gasteiger partial charge in [-0.25, -0.2) is 16.8 Å². The Balaban J connectivity index is 2.75. The molecule has 0 spiro atoms. The molecule has 0 aromatic heterocycles. The summed E-state index contributed by atoms with van der Waals surface area (Å²) in [5, 5.41) is 0. The fourth-order valence-corrected chi connectivity index (χ4v) is 6.95. The first-order valence-electron chi connectivity index (χ1n) is 7.53. The molecule has 0 heterocycles. The number of rotatable bonds is 9. The summed E-state index contributed by atoms with van der Waals surface area (Å²) in [4.78, 5) is 0. The molecule has 0 aromatic rings. The zero-order valence-electron chi connectivity index (χ0n) is 12.9. The van der Waals surface area contributed by atoms with E-state index >= 15 is 0 Å². The minimum Gasteiger partial charge on any atom is -0.227 e. The van der Waals surface area contributed by atoms with Crippen LogP contribution in [0.1, 0.15) is 51.9 Å². The summed E-state index contributed by atoms with van der Waals surface area (Å²) < 4.78 is 47.5. The van der Waals surface area contributed by atoms with Gasteiger partial charge in [-0.1, -0.05) is 57.3 Å². The summed E-state index contributed by atoms with van der Waals surface area (Å²) in [7, 11) is -7.44. The van der Waals surface area contributed by atoms with Gasteiger partial charge >= 0.3 is 0 Å². The van der Waals surface area contributed by atoms with Crippen molar-refractivity contribution in [2.45, 2.75) is 55.9 Å². The lowest BCUT2D eigenvalue weighted by Crippen LogP contribution is -2.45. The zero-order valence-corrected chi connectivity index (χ0v) is 14.5. The lowest BCUT2D eigenvalue weighted by atomic mass is 10.1. The molecule has 0 saturated carbocycles. The maximum Gasteiger partial charge on any atom is 0.194 e. The largest absolute Gasteiger partial charge is 0.227 e. The molecule has 1 rings (SSSR count). The Morgan fingerprint density at radius 2 is 1.57 bits per heavy atom. The van der Waals surface area contributed by atoms with E-state index < -0.39 is 23.8 Å². The van der Waals surface area contributed by atoms with Crippen LogP contribution in [0.15, 0.2) is 24.3 Å². The highest BCUT2D eigenvalue weighted by Gasteiger charge is 2.49. The van der Waals surface area contributed by atoms with Crippen molar-refractivity contribution in [3.8, 4) is 0 Å². The lowest BCUT2D eigenvalue weighted by molar-refractivity contribution is 0.555. The third-order valence-corrected chi connectivity index (χ3v) is 9.33. The third-order valence-electron chi connectivity index (χ3n) is 3.92. The van der Waals surface area contributed by atoms with E-state index in [0.29, 0.717) is 6.42 Å². The predicted molar refractivity (Wildman–Crippen MR) is 87.6 cm³/mol. The summed E-state index contributed by atoms with van der Waals surface area (Å²) in [6.45, 7) is 2.13. The molecule has 0 aromatic carbocycles. The SMILES string of the molecule is CCCCCCCCS(=O)(=O)C1(S(C)(=O)=O)C=CC=CC1. The predicted octanol–water partition coefficient (Wildman–Crippen LogP) is 3.02. The Morgan fingerprint density at radius 1 is 0.952 bits per heavy atom. The van der Waals surface area contributed by atoms with Crippen molar-refractivity contribution >= 4 is 19.7 Å². The molecule has 21 heavy (non-hydrogen) atoms. The van der Waals surface area contributed by atoms with Crippen LogP contribution in [0.2, 0.25) is 0 Å². The van der Waals surface area contributed by atoms with E-state index in [4.69, 9.17) is 0 Å². The molecule has 4 nitrogen and oxygen atoms in total. The van der Waals surface area contributed by atoms with Crippen molar-refractivity contribution in [1.29, 1.82) is 0 Å². The van der Waals surface area contributed by atoms with E-state index in [1.165, 1.54) is 12.2 Å². The van der Waals surface area contributed by atoms with Gasteiger partial charge in [0, 0.05) is 12.7 Å². The minimum absolute atomic E-state index is 0.0144. The van der Waals surface area contributed by atoms with Crippen LogP contribution in [0.4, 0.5) is 0 Å². The number of unbranched alkanes of at least 4 members (excludes halogenated alkanes) is 5. The highest BCUT2D eigenvalue weighted by molar-refractivity contribution is 8.10. The Bertz CT molecular complexity index is 585. The number of hydrogen-bond acceptors (Lipinski definition) is 4. The van der Waals surface area contributed by atoms with E-state index in [-0.39, 0.29) is 12.2 Å². The molecule has 1 atom stereocenters. The van der Waals surface area contributed by atoms with Gasteiger partial charge in [-0.15, -0.1) is 0 Å². The first kappa shape index (κ1) is 18.4. The van der Waals surface area contributed by atoms with Crippen LogP contribution >= 0.6 is 0 Å². The van der Waals surface area contributed by atoms with Crippen LogP contribution in [0.3, 0.4) is 0 Å². The number of hydrogen-bond donors (Lipinski definition) is 0. The second kappa shape index (κ2) is 7.58. The van der Waals surface area contributed by atoms with E-state index in [0.717, 1.165) is 38.4 Å². The summed E-state index contributed by atoms with van der Waals surface area (Å²) in [6.07, 6.45) is 12.9. The van der Waals surface area contributed by atoms with Gasteiger partial charge in [-0.2, -0.15) is 0 Å². The highest BCUT2D eigenvalue weighted by Crippen LogP contribution is 2.34. The Morgan fingerprint density at radius 3 is 2.10 bits per heavy atom. The van der Waals surface area contributed by atoms with E-state index in [2.05, 4.69) is 6.92 Å². The molecule has 122 valence electrons. The zero-order chi connectivity index (χ0) is 16.0. The highest BCUT2D eigenvalue weighted by atomic mass is 32.3. The van der Waals surface area contributed by atoms with Gasteiger partial charge in [0.25, 0.3) is 0 Å². The summed E-state index contributed by atoms with van der Waals surface area (Å²) in [6, 6.07) is 0. The molecule has 1 aliphatic rings. The normalized spacial score (nSPS) is 22.6. The van der Waals surface area contributed by atoms with Crippen molar-refractivity contribution < 1.29 is 16.8 Å². The molecular weight excluding hydrogens is 308 g/mol. The van der Waals surface area contributed by atoms with Crippen LogP contribution in [0.25, 0.3) is 0 Å². The first-order valence-corrected chi connectivity index (χ1v) is 11.1. The average Bonchev–Trinajstić information content (AvgIpc) is 2.42. The molecule has 6 heteroatoms. The van der Waals surface area contributed by atoms with Crippen molar-refractivity contribution in [2.24, 2.45) is 0 Å². The molecule has 1 unspecified atom stereocenters. The Labute approximate surface area is 129 Å². The second-order valence-corrected chi connectivity index (χ2v) is 10.6. The molecule has 0 aliphatic heterocycles. The molecule has 0 radical (unpaired) electrons. The average molecular weight is 335 g/mol.